The summed E-state index contributed by atoms with van der Waals surface area (Å²) in [5.41, 5.74) is 4.76. The number of nitrogens with zero attached hydrogens (tertiary/aromatic N) is 1. The van der Waals surface area contributed by atoms with Gasteiger partial charge in [-0.15, -0.1) is 0 Å². The van der Waals surface area contributed by atoms with Crippen LogP contribution in [0.2, 0.25) is 0 Å². The number of dihydropyridines is 1. The van der Waals surface area contributed by atoms with Gasteiger partial charge in [-0.25, -0.2) is 4.79 Å². The summed E-state index contributed by atoms with van der Waals surface area (Å²) in [6.45, 7) is 5.52. The molecule has 0 saturated heterocycles. The Morgan fingerprint density at radius 3 is 2.50 bits per heavy atom. The van der Waals surface area contributed by atoms with Crippen molar-refractivity contribution in [2.24, 2.45) is 0 Å². The Hall–Kier alpha value is -3.21. The van der Waals surface area contributed by atoms with Crippen molar-refractivity contribution >= 4 is 11.8 Å². The molecule has 0 radical (unpaired) electrons. The molecule has 0 bridgehead atoms. The molecule has 1 aliphatic carbocycles. The second-order valence-electron chi connectivity index (χ2n) is 8.17. The van der Waals surface area contributed by atoms with Gasteiger partial charge in [-0.2, -0.15) is 0 Å². The summed E-state index contributed by atoms with van der Waals surface area (Å²) in [6.07, 6.45) is 4.33. The van der Waals surface area contributed by atoms with Crippen LogP contribution in [0.4, 0.5) is 0 Å². The van der Waals surface area contributed by atoms with Crippen molar-refractivity contribution in [1.29, 1.82) is 0 Å². The smallest absolute Gasteiger partial charge is 0.337 e. The first kappa shape index (κ1) is 20.1. The number of allylic oxidation sites excluding steroid dienone is 3. The Balaban J connectivity index is 1.78. The molecule has 154 valence electrons. The number of hydrogen-bond donors (Lipinski definition) is 1. The molecule has 0 spiro atoms. The molecule has 1 aliphatic heterocycles. The molecule has 2 atom stereocenters. The predicted octanol–water partition coefficient (Wildman–Crippen LogP) is 4.39. The molecule has 1 N–H and O–H groups in total. The van der Waals surface area contributed by atoms with Crippen LogP contribution in [0.5, 0.6) is 0 Å². The van der Waals surface area contributed by atoms with Gasteiger partial charge in [0.15, 0.2) is 5.78 Å². The number of carbonyl (C=O) groups is 2. The van der Waals surface area contributed by atoms with Gasteiger partial charge in [0.05, 0.1) is 11.7 Å². The van der Waals surface area contributed by atoms with Crippen LogP contribution in [0.15, 0.2) is 77.4 Å². The Kier molecular flexibility index (Phi) is 5.53. The van der Waals surface area contributed by atoms with E-state index in [1.165, 1.54) is 0 Å². The van der Waals surface area contributed by atoms with Crippen LogP contribution in [0.3, 0.4) is 0 Å². The third-order valence-corrected chi connectivity index (χ3v) is 5.68. The highest BCUT2D eigenvalue weighted by atomic mass is 16.5. The van der Waals surface area contributed by atoms with Gasteiger partial charge >= 0.3 is 5.97 Å². The first-order chi connectivity index (χ1) is 14.5. The number of pyridine rings is 1. The Morgan fingerprint density at radius 2 is 1.83 bits per heavy atom. The molecule has 0 amide bonds. The number of aromatic nitrogens is 1. The quantitative estimate of drug-likeness (QED) is 0.768. The van der Waals surface area contributed by atoms with Crippen LogP contribution in [0.25, 0.3) is 0 Å². The number of ether oxygens (including phenoxy) is 1. The Bertz CT molecular complexity index is 1020. The highest BCUT2D eigenvalue weighted by molar-refractivity contribution is 6.04. The normalized spacial score (nSPS) is 21.4. The van der Waals surface area contributed by atoms with E-state index in [0.717, 1.165) is 28.9 Å². The third kappa shape index (κ3) is 3.80. The maximum Gasteiger partial charge on any atom is 0.337 e. The minimum atomic E-state index is -0.467. The minimum absolute atomic E-state index is 0.0637. The van der Waals surface area contributed by atoms with E-state index in [1.54, 1.807) is 12.4 Å². The predicted molar refractivity (Wildman–Crippen MR) is 114 cm³/mol. The van der Waals surface area contributed by atoms with E-state index < -0.39 is 11.9 Å². The van der Waals surface area contributed by atoms with Crippen molar-refractivity contribution in [2.75, 3.05) is 0 Å². The number of nitrogens with one attached hydrogen (secondary N) is 1. The standard InChI is InChI=1S/C25H26N2O3/c1-15(2)30-25(29)22-16(3)27-20-12-19(17-8-5-4-6-9-17)13-21(28)24(20)23(22)18-10-7-11-26-14-18/h4-11,14-15,19,23,27H,12-13H2,1-3H3/t19-,23-/m1/s1. The Labute approximate surface area is 176 Å². The fourth-order valence-corrected chi connectivity index (χ4v) is 4.43. The molecule has 5 heteroatoms. The van der Waals surface area contributed by atoms with Gasteiger partial charge in [-0.3, -0.25) is 9.78 Å². The average Bonchev–Trinajstić information content (AvgIpc) is 2.73. The van der Waals surface area contributed by atoms with Crippen LogP contribution in [0.1, 0.15) is 56.6 Å². The molecule has 0 fully saturated rings. The number of esters is 1. The van der Waals surface area contributed by atoms with Gasteiger partial charge < -0.3 is 10.1 Å². The maximum absolute atomic E-state index is 13.4. The molecule has 2 aliphatic rings. The molecule has 1 aromatic carbocycles. The van der Waals surface area contributed by atoms with Crippen molar-refractivity contribution in [3.63, 3.8) is 0 Å². The number of benzene rings is 1. The second-order valence-corrected chi connectivity index (χ2v) is 8.17. The first-order valence-electron chi connectivity index (χ1n) is 10.4. The van der Waals surface area contributed by atoms with E-state index in [-0.39, 0.29) is 17.8 Å². The van der Waals surface area contributed by atoms with E-state index in [2.05, 4.69) is 22.4 Å². The number of rotatable bonds is 4. The molecule has 4 rings (SSSR count). The Morgan fingerprint density at radius 1 is 1.10 bits per heavy atom. The van der Waals surface area contributed by atoms with Gasteiger partial charge in [0, 0.05) is 41.7 Å². The number of hydrogen-bond acceptors (Lipinski definition) is 5. The lowest BCUT2D eigenvalue weighted by molar-refractivity contribution is -0.143. The first-order valence-corrected chi connectivity index (χ1v) is 10.4. The minimum Gasteiger partial charge on any atom is -0.460 e. The SMILES string of the molecule is CC1=C(C(=O)OC(C)C)[C@@H](c2cccnc2)C2=C(C[C@@H](c3ccccc3)CC2=O)N1. The summed E-state index contributed by atoms with van der Waals surface area (Å²) in [5, 5.41) is 3.37. The highest BCUT2D eigenvalue weighted by Gasteiger charge is 2.41. The molecular weight excluding hydrogens is 376 g/mol. The van der Waals surface area contributed by atoms with Crippen LogP contribution in [-0.4, -0.2) is 22.8 Å². The molecule has 1 aromatic heterocycles. The van der Waals surface area contributed by atoms with E-state index in [9.17, 15) is 9.59 Å². The van der Waals surface area contributed by atoms with Crippen LogP contribution < -0.4 is 5.32 Å². The molecule has 30 heavy (non-hydrogen) atoms. The largest absolute Gasteiger partial charge is 0.460 e. The summed E-state index contributed by atoms with van der Waals surface area (Å²) in [4.78, 5) is 30.6. The van der Waals surface area contributed by atoms with E-state index >= 15 is 0 Å². The van der Waals surface area contributed by atoms with Crippen molar-refractivity contribution in [2.45, 2.75) is 51.6 Å². The molecule has 5 nitrogen and oxygen atoms in total. The fraction of sp³-hybridized carbons (Fsp3) is 0.320. The molecule has 2 heterocycles. The molecule has 2 aromatic rings. The zero-order valence-corrected chi connectivity index (χ0v) is 17.5. The van der Waals surface area contributed by atoms with Gasteiger partial charge in [-0.1, -0.05) is 36.4 Å². The third-order valence-electron chi connectivity index (χ3n) is 5.68. The van der Waals surface area contributed by atoms with Crippen molar-refractivity contribution in [3.05, 3.63) is 88.5 Å². The second kappa shape index (κ2) is 8.27. The molecule has 0 saturated carbocycles. The van der Waals surface area contributed by atoms with E-state index in [1.807, 2.05) is 51.1 Å². The zero-order valence-electron chi connectivity index (χ0n) is 17.5. The summed E-state index contributed by atoms with van der Waals surface area (Å²) in [5.74, 6) is -0.677. The van der Waals surface area contributed by atoms with E-state index in [0.29, 0.717) is 17.6 Å². The zero-order chi connectivity index (χ0) is 21.3. The highest BCUT2D eigenvalue weighted by Crippen LogP contribution is 2.45. The number of ketones is 1. The topological polar surface area (TPSA) is 68.3 Å². The van der Waals surface area contributed by atoms with Crippen molar-refractivity contribution in [3.8, 4) is 0 Å². The van der Waals surface area contributed by atoms with Crippen LogP contribution in [-0.2, 0) is 14.3 Å². The van der Waals surface area contributed by atoms with Gasteiger partial charge in [0.25, 0.3) is 0 Å². The van der Waals surface area contributed by atoms with Crippen molar-refractivity contribution in [1.82, 2.24) is 10.3 Å². The summed E-state index contributed by atoms with van der Waals surface area (Å²) in [6, 6.07) is 13.9. The molecule has 0 unspecified atom stereocenters. The lowest BCUT2D eigenvalue weighted by atomic mass is 9.72. The summed E-state index contributed by atoms with van der Waals surface area (Å²) in [7, 11) is 0. The van der Waals surface area contributed by atoms with Crippen LogP contribution >= 0.6 is 0 Å². The van der Waals surface area contributed by atoms with E-state index in [4.69, 9.17) is 4.74 Å². The van der Waals surface area contributed by atoms with Gasteiger partial charge in [0.2, 0.25) is 0 Å². The maximum atomic E-state index is 13.4. The van der Waals surface area contributed by atoms with Gasteiger partial charge in [-0.05, 0) is 50.3 Å². The number of Topliss-reactive ketones (excluding diaryl/α,β-unsaturated/α-hetero) is 1. The monoisotopic (exact) mass is 402 g/mol. The average molecular weight is 402 g/mol. The lowest BCUT2D eigenvalue weighted by Crippen LogP contribution is -2.36. The lowest BCUT2D eigenvalue weighted by Gasteiger charge is -2.36. The van der Waals surface area contributed by atoms with Gasteiger partial charge in [0.1, 0.15) is 0 Å². The fourth-order valence-electron chi connectivity index (χ4n) is 4.43. The molecular formula is C25H26N2O3. The van der Waals surface area contributed by atoms with Crippen molar-refractivity contribution < 1.29 is 14.3 Å². The number of carbonyl (C=O) groups excluding carboxylic acids is 2. The van der Waals surface area contributed by atoms with Crippen LogP contribution in [0, 0.1) is 0 Å². The summed E-state index contributed by atoms with van der Waals surface area (Å²) < 4.78 is 5.53. The summed E-state index contributed by atoms with van der Waals surface area (Å²) >= 11 is 0.